The highest BCUT2D eigenvalue weighted by Crippen LogP contribution is 2.56. The molecular formula is C15H17ClO4. The monoisotopic (exact) mass is 296 g/mol. The Morgan fingerprint density at radius 2 is 2.20 bits per heavy atom. The summed E-state index contributed by atoms with van der Waals surface area (Å²) < 4.78 is 10.9. The molecular weight excluding hydrogens is 280 g/mol. The zero-order valence-corrected chi connectivity index (χ0v) is 12.1. The molecule has 108 valence electrons. The van der Waals surface area contributed by atoms with Crippen molar-refractivity contribution in [1.29, 1.82) is 0 Å². The van der Waals surface area contributed by atoms with Crippen LogP contribution in [0.2, 0.25) is 5.02 Å². The molecule has 0 bridgehead atoms. The maximum atomic E-state index is 12.6. The second kappa shape index (κ2) is 4.64. The van der Waals surface area contributed by atoms with Gasteiger partial charge < -0.3 is 14.6 Å². The Balaban J connectivity index is 2.18. The molecule has 2 aliphatic rings. The lowest BCUT2D eigenvalue weighted by Gasteiger charge is -2.41. The molecule has 1 fully saturated rings. The minimum atomic E-state index is -1.52. The highest BCUT2D eigenvalue weighted by atomic mass is 35.5. The Hall–Kier alpha value is -1.26. The van der Waals surface area contributed by atoms with E-state index < -0.39 is 17.2 Å². The molecule has 0 unspecified atom stereocenters. The van der Waals surface area contributed by atoms with Crippen LogP contribution >= 0.6 is 11.6 Å². The summed E-state index contributed by atoms with van der Waals surface area (Å²) in [7, 11) is 0. The first-order valence-corrected chi connectivity index (χ1v) is 7.30. The summed E-state index contributed by atoms with van der Waals surface area (Å²) in [4.78, 5) is 12.6. The lowest BCUT2D eigenvalue weighted by Crippen LogP contribution is -2.58. The van der Waals surface area contributed by atoms with Crippen LogP contribution in [-0.4, -0.2) is 23.5 Å². The van der Waals surface area contributed by atoms with Gasteiger partial charge in [-0.25, -0.2) is 0 Å². The normalized spacial score (nSPS) is 31.1. The predicted molar refractivity (Wildman–Crippen MR) is 73.8 cm³/mol. The molecule has 1 aliphatic carbocycles. The summed E-state index contributed by atoms with van der Waals surface area (Å²) in [5.74, 6) is -1.43. The molecule has 5 heteroatoms. The number of hydrogen-bond donors (Lipinski definition) is 1. The lowest BCUT2D eigenvalue weighted by molar-refractivity contribution is -0.209. The van der Waals surface area contributed by atoms with Crippen LogP contribution in [0.3, 0.4) is 0 Å². The number of ether oxygens (including phenoxy) is 2. The fourth-order valence-electron chi connectivity index (χ4n) is 3.38. The van der Waals surface area contributed by atoms with E-state index in [-0.39, 0.29) is 6.61 Å². The number of carbonyl (C=O) groups excluding carboxylic acids is 1. The molecule has 4 nitrogen and oxygen atoms in total. The smallest absolute Gasteiger partial charge is 0.323 e. The zero-order chi connectivity index (χ0) is 14.4. The number of rotatable bonds is 2. The van der Waals surface area contributed by atoms with E-state index >= 15 is 0 Å². The van der Waals surface area contributed by atoms with Gasteiger partial charge in [-0.15, -0.1) is 0 Å². The Morgan fingerprint density at radius 1 is 1.45 bits per heavy atom. The van der Waals surface area contributed by atoms with Gasteiger partial charge in [0.05, 0.1) is 6.61 Å². The molecule has 0 saturated heterocycles. The van der Waals surface area contributed by atoms with Gasteiger partial charge in [0, 0.05) is 17.0 Å². The molecule has 1 aliphatic heterocycles. The number of hydrogen-bond acceptors (Lipinski definition) is 4. The van der Waals surface area contributed by atoms with Crippen LogP contribution in [-0.2, 0) is 14.9 Å². The van der Waals surface area contributed by atoms with E-state index in [1.165, 1.54) is 0 Å². The third-order valence-corrected chi connectivity index (χ3v) is 4.52. The maximum Gasteiger partial charge on any atom is 0.323 e. The maximum absolute atomic E-state index is 12.6. The van der Waals surface area contributed by atoms with Crippen molar-refractivity contribution < 1.29 is 19.4 Å². The van der Waals surface area contributed by atoms with E-state index in [0.29, 0.717) is 29.2 Å². The average molecular weight is 297 g/mol. The van der Waals surface area contributed by atoms with Crippen LogP contribution in [0.1, 0.15) is 38.2 Å². The molecule has 1 saturated carbocycles. The Bertz CT molecular complexity index is 559. The standard InChI is InChI=1S/C15H17ClO4/c1-2-19-13(17)14-7-3-4-8-15(14,18)20-12-6-5-10(16)9-11(12)14/h5-6,9,18H,2-4,7-8H2,1H3/t14-,15-/m1/s1. The van der Waals surface area contributed by atoms with Crippen molar-refractivity contribution in [3.8, 4) is 5.75 Å². The van der Waals surface area contributed by atoms with E-state index in [1.54, 1.807) is 25.1 Å². The highest BCUT2D eigenvalue weighted by Gasteiger charge is 2.66. The lowest BCUT2D eigenvalue weighted by atomic mass is 9.66. The van der Waals surface area contributed by atoms with Crippen molar-refractivity contribution in [2.45, 2.75) is 43.8 Å². The van der Waals surface area contributed by atoms with Crippen LogP contribution in [0, 0.1) is 0 Å². The Morgan fingerprint density at radius 3 is 2.95 bits per heavy atom. The molecule has 1 N–H and O–H groups in total. The van der Waals surface area contributed by atoms with Gasteiger partial charge in [0.25, 0.3) is 0 Å². The van der Waals surface area contributed by atoms with Crippen molar-refractivity contribution in [2.24, 2.45) is 0 Å². The topological polar surface area (TPSA) is 55.8 Å². The molecule has 1 heterocycles. The van der Waals surface area contributed by atoms with Gasteiger partial charge >= 0.3 is 5.97 Å². The van der Waals surface area contributed by atoms with Crippen LogP contribution in [0.25, 0.3) is 0 Å². The first-order chi connectivity index (χ1) is 9.53. The van der Waals surface area contributed by atoms with Crippen LogP contribution in [0.5, 0.6) is 5.75 Å². The van der Waals surface area contributed by atoms with E-state index in [9.17, 15) is 9.90 Å². The number of halogens is 1. The summed E-state index contributed by atoms with van der Waals surface area (Å²) in [5.41, 5.74) is -0.507. The summed E-state index contributed by atoms with van der Waals surface area (Å²) in [5, 5.41) is 11.4. The zero-order valence-electron chi connectivity index (χ0n) is 11.3. The largest absolute Gasteiger partial charge is 0.465 e. The summed E-state index contributed by atoms with van der Waals surface area (Å²) in [6.45, 7) is 2.03. The van der Waals surface area contributed by atoms with E-state index in [4.69, 9.17) is 21.1 Å². The number of esters is 1. The minimum Gasteiger partial charge on any atom is -0.465 e. The number of carbonyl (C=O) groups is 1. The Kier molecular flexibility index (Phi) is 3.18. The molecule has 0 radical (unpaired) electrons. The van der Waals surface area contributed by atoms with Gasteiger partial charge in [0.1, 0.15) is 5.75 Å². The van der Waals surface area contributed by atoms with Gasteiger partial charge in [0.15, 0.2) is 5.41 Å². The van der Waals surface area contributed by atoms with Crippen LogP contribution in [0.4, 0.5) is 0 Å². The molecule has 3 rings (SSSR count). The molecule has 0 spiro atoms. The van der Waals surface area contributed by atoms with Crippen molar-refractivity contribution >= 4 is 17.6 Å². The predicted octanol–water partition coefficient (Wildman–Crippen LogP) is 2.80. The number of aliphatic hydroxyl groups is 1. The SMILES string of the molecule is CCOC(=O)[C@]12CCCC[C@@]1(O)Oc1ccc(Cl)cc12. The van der Waals surface area contributed by atoms with Crippen molar-refractivity contribution in [2.75, 3.05) is 6.61 Å². The van der Waals surface area contributed by atoms with Gasteiger partial charge in [-0.2, -0.15) is 0 Å². The summed E-state index contributed by atoms with van der Waals surface area (Å²) in [6, 6.07) is 5.10. The van der Waals surface area contributed by atoms with Gasteiger partial charge in [0.2, 0.25) is 5.79 Å². The van der Waals surface area contributed by atoms with Crippen LogP contribution < -0.4 is 4.74 Å². The number of benzene rings is 1. The first-order valence-electron chi connectivity index (χ1n) is 6.92. The molecule has 1 aromatic carbocycles. The molecule has 20 heavy (non-hydrogen) atoms. The number of fused-ring (bicyclic) bond motifs is 3. The van der Waals surface area contributed by atoms with Crippen molar-refractivity contribution in [3.05, 3.63) is 28.8 Å². The molecule has 0 amide bonds. The van der Waals surface area contributed by atoms with Gasteiger partial charge in [-0.3, -0.25) is 4.79 Å². The summed E-state index contributed by atoms with van der Waals surface area (Å²) in [6.07, 6.45) is 2.59. The van der Waals surface area contributed by atoms with Gasteiger partial charge in [-0.05, 0) is 38.0 Å². The highest BCUT2D eigenvalue weighted by molar-refractivity contribution is 6.30. The average Bonchev–Trinajstić information content (AvgIpc) is 2.68. The second-order valence-electron chi connectivity index (χ2n) is 5.36. The van der Waals surface area contributed by atoms with E-state index in [2.05, 4.69) is 0 Å². The fraction of sp³-hybridized carbons (Fsp3) is 0.533. The fourth-order valence-corrected chi connectivity index (χ4v) is 3.55. The van der Waals surface area contributed by atoms with Crippen molar-refractivity contribution in [3.63, 3.8) is 0 Å². The molecule has 2 atom stereocenters. The molecule has 0 aromatic heterocycles. The van der Waals surface area contributed by atoms with Gasteiger partial charge in [-0.1, -0.05) is 18.0 Å². The second-order valence-corrected chi connectivity index (χ2v) is 5.80. The Labute approximate surface area is 122 Å². The minimum absolute atomic E-state index is 0.270. The molecule has 1 aromatic rings. The third kappa shape index (κ3) is 1.68. The van der Waals surface area contributed by atoms with E-state index in [1.807, 2.05) is 0 Å². The van der Waals surface area contributed by atoms with Crippen molar-refractivity contribution in [1.82, 2.24) is 0 Å². The first kappa shape index (κ1) is 13.7. The van der Waals surface area contributed by atoms with Crippen LogP contribution in [0.15, 0.2) is 18.2 Å². The summed E-state index contributed by atoms with van der Waals surface area (Å²) >= 11 is 6.05. The third-order valence-electron chi connectivity index (χ3n) is 4.29. The van der Waals surface area contributed by atoms with E-state index in [0.717, 1.165) is 12.8 Å². The quantitative estimate of drug-likeness (QED) is 0.853.